The molecule has 0 aromatic carbocycles. The summed E-state index contributed by atoms with van der Waals surface area (Å²) in [7, 11) is 7.41. The molecule has 0 N–H and O–H groups in total. The molecule has 0 aliphatic carbocycles. The molecule has 0 aliphatic rings. The van der Waals surface area contributed by atoms with Crippen molar-refractivity contribution in [2.24, 2.45) is 0 Å². The Morgan fingerprint density at radius 2 is 0.568 bits per heavy atom. The molecule has 0 bridgehead atoms. The summed E-state index contributed by atoms with van der Waals surface area (Å²) in [6.07, 6.45) is 6.07. The second-order valence-corrected chi connectivity index (χ2v) is 28.5. The Balaban J connectivity index is 6.49. The molecule has 44 heavy (non-hydrogen) atoms. The highest BCUT2D eigenvalue weighted by Gasteiger charge is 2.46. The smallest absolute Gasteiger partial charge is 0.377 e. The first-order valence-corrected chi connectivity index (χ1v) is 26.1. The highest BCUT2D eigenvalue weighted by molar-refractivity contribution is 6.81. The van der Waals surface area contributed by atoms with Crippen LogP contribution >= 0.6 is 0 Å². The average molecular weight is 723 g/mol. The second kappa shape index (κ2) is 23.0. The zero-order valence-electron chi connectivity index (χ0n) is 30.2. The largest absolute Gasteiger partial charge is 0.500 e. The minimum absolute atomic E-state index is 0.566. The van der Waals surface area contributed by atoms with Gasteiger partial charge in [-0.15, -0.1) is 0 Å². The van der Waals surface area contributed by atoms with Crippen LogP contribution in [0.3, 0.4) is 0 Å². The van der Waals surface area contributed by atoms with Crippen LogP contribution in [-0.4, -0.2) is 129 Å². The Hall–Kier alpha value is 0.604. The van der Waals surface area contributed by atoms with Crippen LogP contribution < -0.4 is 0 Å². The molecule has 0 heterocycles. The molecular weight excluding hydrogens is 657 g/mol. The SMILES string of the molecule is CCC(CCC[Si](OC)(OC)OC)[Si](CCC[Si](OC)(OC)OC)(CCC[Si](OC)(OC)OC)CCC[Si](OC)(OC)OC. The molecule has 1 unspecified atom stereocenters. The van der Waals surface area contributed by atoms with Gasteiger partial charge >= 0.3 is 35.2 Å². The zero-order chi connectivity index (χ0) is 33.8. The van der Waals surface area contributed by atoms with Crippen molar-refractivity contribution in [1.82, 2.24) is 0 Å². The van der Waals surface area contributed by atoms with Gasteiger partial charge in [-0.05, 0) is 12.0 Å². The summed E-state index contributed by atoms with van der Waals surface area (Å²) < 4.78 is 69.5. The monoisotopic (exact) mass is 722 g/mol. The highest BCUT2D eigenvalue weighted by atomic mass is 28.4. The minimum atomic E-state index is -2.71. The quantitative estimate of drug-likeness (QED) is 0.0852. The van der Waals surface area contributed by atoms with Gasteiger partial charge in [-0.25, -0.2) is 0 Å². The highest BCUT2D eigenvalue weighted by Crippen LogP contribution is 2.45. The number of hydrogen-bond acceptors (Lipinski definition) is 12. The fourth-order valence-electron chi connectivity index (χ4n) is 6.69. The molecule has 1 atom stereocenters. The molecule has 0 rings (SSSR count). The summed E-state index contributed by atoms with van der Waals surface area (Å²) in [4.78, 5) is 0. The third-order valence-electron chi connectivity index (χ3n) is 9.60. The van der Waals surface area contributed by atoms with E-state index in [1.54, 1.807) is 85.3 Å². The normalized spacial score (nSPS) is 14.4. The second-order valence-electron chi connectivity index (χ2n) is 11.1. The molecular formula is C27H66O12Si5. The Morgan fingerprint density at radius 1 is 0.341 bits per heavy atom. The molecule has 0 fully saturated rings. The lowest BCUT2D eigenvalue weighted by Crippen LogP contribution is -2.47. The van der Waals surface area contributed by atoms with Gasteiger partial charge in [0.25, 0.3) is 0 Å². The van der Waals surface area contributed by atoms with Crippen LogP contribution in [0.4, 0.5) is 0 Å². The lowest BCUT2D eigenvalue weighted by molar-refractivity contribution is 0.122. The summed E-state index contributed by atoms with van der Waals surface area (Å²) in [5, 5.41) is 0. The van der Waals surface area contributed by atoms with Crippen molar-refractivity contribution in [2.45, 2.75) is 93.3 Å². The number of hydrogen-bond donors (Lipinski definition) is 0. The first kappa shape index (κ1) is 44.6. The standard InChI is InChI=1S/C27H66O12Si5/c1-14-27(19-15-23-41(28-2,29-3)30-4)40(20-16-24-42(31-5,32-6)33-7,21-17-25-43(34-8,35-9)36-10)22-18-26-44(37-11,38-12)39-13/h27H,14-26H2,1-13H3. The molecule has 0 amide bonds. The molecule has 0 aromatic heterocycles. The first-order chi connectivity index (χ1) is 21.0. The van der Waals surface area contributed by atoms with Gasteiger partial charge in [-0.2, -0.15) is 0 Å². The van der Waals surface area contributed by atoms with Gasteiger partial charge in [0.2, 0.25) is 0 Å². The fourth-order valence-corrected chi connectivity index (χ4v) is 21.0. The van der Waals surface area contributed by atoms with E-state index >= 15 is 0 Å². The van der Waals surface area contributed by atoms with Crippen LogP contribution in [0, 0.1) is 0 Å². The Morgan fingerprint density at radius 3 is 0.773 bits per heavy atom. The van der Waals surface area contributed by atoms with Crippen molar-refractivity contribution < 1.29 is 53.1 Å². The van der Waals surface area contributed by atoms with Crippen LogP contribution in [0.25, 0.3) is 0 Å². The van der Waals surface area contributed by atoms with E-state index in [1.165, 1.54) is 0 Å². The van der Waals surface area contributed by atoms with Gasteiger partial charge < -0.3 is 53.1 Å². The minimum Gasteiger partial charge on any atom is -0.377 e. The van der Waals surface area contributed by atoms with E-state index in [-0.39, 0.29) is 0 Å². The fraction of sp³-hybridized carbons (Fsp3) is 1.00. The lowest BCUT2D eigenvalue weighted by Gasteiger charge is -2.41. The van der Waals surface area contributed by atoms with Gasteiger partial charge in [0.15, 0.2) is 0 Å². The van der Waals surface area contributed by atoms with Gasteiger partial charge in [-0.3, -0.25) is 0 Å². The zero-order valence-corrected chi connectivity index (χ0v) is 35.2. The van der Waals surface area contributed by atoms with E-state index in [4.69, 9.17) is 53.1 Å². The number of rotatable bonds is 30. The van der Waals surface area contributed by atoms with Crippen LogP contribution in [0.15, 0.2) is 0 Å². The summed E-state index contributed by atoms with van der Waals surface area (Å²) >= 11 is 0. The van der Waals surface area contributed by atoms with E-state index in [0.29, 0.717) is 5.54 Å². The maximum atomic E-state index is 5.80. The van der Waals surface area contributed by atoms with Crippen molar-refractivity contribution in [1.29, 1.82) is 0 Å². The van der Waals surface area contributed by atoms with Gasteiger partial charge in [0, 0.05) is 109 Å². The van der Waals surface area contributed by atoms with Crippen LogP contribution in [0.1, 0.15) is 45.4 Å². The summed E-state index contributed by atoms with van der Waals surface area (Å²) in [5.74, 6) is 0. The molecule has 12 nitrogen and oxygen atoms in total. The molecule has 0 saturated carbocycles. The van der Waals surface area contributed by atoms with Gasteiger partial charge in [-0.1, -0.05) is 57.2 Å². The summed E-state index contributed by atoms with van der Waals surface area (Å²) in [6, 6.07) is 6.48. The van der Waals surface area contributed by atoms with Crippen molar-refractivity contribution in [2.75, 3.05) is 85.3 Å². The molecule has 17 heteroatoms. The van der Waals surface area contributed by atoms with Gasteiger partial charge in [0.05, 0.1) is 8.07 Å². The van der Waals surface area contributed by atoms with Crippen molar-refractivity contribution in [3.05, 3.63) is 0 Å². The van der Waals surface area contributed by atoms with Crippen LogP contribution in [0.2, 0.25) is 47.8 Å². The van der Waals surface area contributed by atoms with Crippen LogP contribution in [-0.2, 0) is 53.1 Å². The molecule has 0 spiro atoms. The van der Waals surface area contributed by atoms with E-state index in [1.807, 2.05) is 0 Å². The molecule has 0 radical (unpaired) electrons. The molecule has 266 valence electrons. The third kappa shape index (κ3) is 12.9. The maximum absolute atomic E-state index is 5.80. The Kier molecular flexibility index (Phi) is 23.4. The van der Waals surface area contributed by atoms with E-state index in [2.05, 4.69) is 6.92 Å². The van der Waals surface area contributed by atoms with Crippen molar-refractivity contribution in [3.8, 4) is 0 Å². The molecule has 0 aliphatic heterocycles. The predicted molar refractivity (Wildman–Crippen MR) is 184 cm³/mol. The molecule has 0 saturated heterocycles. The summed E-state index contributed by atoms with van der Waals surface area (Å²) in [6.45, 7) is 2.33. The maximum Gasteiger partial charge on any atom is 0.500 e. The predicted octanol–water partition coefficient (Wildman–Crippen LogP) is 5.68. The molecule has 0 aromatic rings. The van der Waals surface area contributed by atoms with Crippen LogP contribution in [0.5, 0.6) is 0 Å². The topological polar surface area (TPSA) is 111 Å². The summed E-state index contributed by atoms with van der Waals surface area (Å²) in [5.41, 5.74) is 0.566. The van der Waals surface area contributed by atoms with Crippen molar-refractivity contribution >= 4 is 43.3 Å². The van der Waals surface area contributed by atoms with E-state index in [9.17, 15) is 0 Å². The first-order valence-electron chi connectivity index (χ1n) is 15.6. The van der Waals surface area contributed by atoms with E-state index in [0.717, 1.165) is 80.8 Å². The Labute approximate surface area is 274 Å². The lowest BCUT2D eigenvalue weighted by atomic mass is 10.2. The van der Waals surface area contributed by atoms with Crippen molar-refractivity contribution in [3.63, 3.8) is 0 Å². The Bertz CT molecular complexity index is 613. The average Bonchev–Trinajstić information content (AvgIpc) is 3.08. The third-order valence-corrected chi connectivity index (χ3v) is 27.4. The van der Waals surface area contributed by atoms with Gasteiger partial charge in [0.1, 0.15) is 0 Å². The van der Waals surface area contributed by atoms with E-state index < -0.39 is 43.3 Å².